The van der Waals surface area contributed by atoms with Gasteiger partial charge in [0.05, 0.1) is 41.6 Å². The summed E-state index contributed by atoms with van der Waals surface area (Å²) in [4.78, 5) is 22.6. The Bertz CT molecular complexity index is 1360. The number of fused-ring (bicyclic) bond motifs is 2. The molecule has 3 aromatic rings. The number of nitrogens with two attached hydrogens (primary N) is 1. The molecule has 0 radical (unpaired) electrons. The highest BCUT2D eigenvalue weighted by Crippen LogP contribution is 2.40. The van der Waals surface area contributed by atoms with Gasteiger partial charge in [-0.15, -0.1) is 0 Å². The molecule has 1 aromatic heterocycles. The Morgan fingerprint density at radius 1 is 1.19 bits per heavy atom. The molecule has 3 heterocycles. The average Bonchev–Trinajstić information content (AvgIpc) is 3.67. The molecule has 3 N–H and O–H groups in total. The minimum Gasteiger partial charge on any atom is -0.497 e. The molecular weight excluding hydrogens is 464 g/mol. The van der Waals surface area contributed by atoms with E-state index in [2.05, 4.69) is 40.0 Å². The summed E-state index contributed by atoms with van der Waals surface area (Å²) in [6.45, 7) is 4.04. The summed E-state index contributed by atoms with van der Waals surface area (Å²) in [5.41, 5.74) is 11.8. The maximum absolute atomic E-state index is 13.5. The van der Waals surface area contributed by atoms with E-state index in [1.165, 1.54) is 23.7 Å². The highest BCUT2D eigenvalue weighted by Gasteiger charge is 2.26. The van der Waals surface area contributed by atoms with Crippen LogP contribution in [0.5, 0.6) is 5.75 Å². The lowest BCUT2D eigenvalue weighted by molar-refractivity contribution is 0.0709. The SMILES string of the molecule is COc1ccc2cc(/C=N/c3cc(C(=O)N4CCCC(N)C4)cc4c3N(C)CCN4)n(CC3CC3)c2c1. The molecule has 2 aliphatic heterocycles. The summed E-state index contributed by atoms with van der Waals surface area (Å²) in [6.07, 6.45) is 6.41. The fourth-order valence-corrected chi connectivity index (χ4v) is 5.61. The van der Waals surface area contributed by atoms with E-state index in [4.69, 9.17) is 15.5 Å². The number of aromatic nitrogens is 1. The summed E-state index contributed by atoms with van der Waals surface area (Å²) in [5.74, 6) is 1.60. The third kappa shape index (κ3) is 4.78. The minimum atomic E-state index is 0.0272. The van der Waals surface area contributed by atoms with Crippen LogP contribution in [0.2, 0.25) is 0 Å². The number of nitrogens with zero attached hydrogens (tertiary/aromatic N) is 4. The van der Waals surface area contributed by atoms with Gasteiger partial charge in [-0.25, -0.2) is 0 Å². The maximum atomic E-state index is 13.5. The molecule has 0 spiro atoms. The number of anilines is 2. The molecule has 1 unspecified atom stereocenters. The predicted molar refractivity (Wildman–Crippen MR) is 150 cm³/mol. The number of nitrogens with one attached hydrogen (secondary N) is 1. The van der Waals surface area contributed by atoms with Crippen molar-refractivity contribution in [3.63, 3.8) is 0 Å². The van der Waals surface area contributed by atoms with Gasteiger partial charge in [-0.2, -0.15) is 0 Å². The number of hydrogen-bond acceptors (Lipinski definition) is 6. The molecule has 6 rings (SSSR count). The first-order valence-corrected chi connectivity index (χ1v) is 13.4. The van der Waals surface area contributed by atoms with Crippen LogP contribution in [0.4, 0.5) is 17.1 Å². The number of aliphatic imine (C=N–C) groups is 1. The van der Waals surface area contributed by atoms with Crippen LogP contribution in [0.3, 0.4) is 0 Å². The van der Waals surface area contributed by atoms with Gasteiger partial charge in [0, 0.05) is 62.8 Å². The van der Waals surface area contributed by atoms with Crippen molar-refractivity contribution in [1.82, 2.24) is 9.47 Å². The normalized spacial score (nSPS) is 19.8. The first-order valence-electron chi connectivity index (χ1n) is 13.4. The first-order chi connectivity index (χ1) is 18.0. The number of ether oxygens (including phenoxy) is 1. The molecule has 8 nitrogen and oxygen atoms in total. The van der Waals surface area contributed by atoms with Crippen molar-refractivity contribution < 1.29 is 9.53 Å². The van der Waals surface area contributed by atoms with Gasteiger partial charge in [0.15, 0.2) is 0 Å². The van der Waals surface area contributed by atoms with E-state index in [-0.39, 0.29) is 11.9 Å². The van der Waals surface area contributed by atoms with Crippen LogP contribution in [-0.2, 0) is 6.54 Å². The Balaban J connectivity index is 1.40. The Morgan fingerprint density at radius 3 is 2.84 bits per heavy atom. The highest BCUT2D eigenvalue weighted by molar-refractivity contribution is 6.00. The van der Waals surface area contributed by atoms with Gasteiger partial charge < -0.3 is 30.2 Å². The third-order valence-electron chi connectivity index (χ3n) is 7.84. The van der Waals surface area contributed by atoms with E-state index < -0.39 is 0 Å². The van der Waals surface area contributed by atoms with Crippen LogP contribution in [0.25, 0.3) is 10.9 Å². The van der Waals surface area contributed by atoms with Crippen LogP contribution >= 0.6 is 0 Å². The lowest BCUT2D eigenvalue weighted by Crippen LogP contribution is -2.45. The van der Waals surface area contributed by atoms with Crippen LogP contribution in [0.15, 0.2) is 41.4 Å². The highest BCUT2D eigenvalue weighted by atomic mass is 16.5. The van der Waals surface area contributed by atoms with Gasteiger partial charge in [-0.1, -0.05) is 0 Å². The Kier molecular flexibility index (Phi) is 6.28. The minimum absolute atomic E-state index is 0.0272. The molecule has 3 aliphatic rings. The van der Waals surface area contributed by atoms with Crippen molar-refractivity contribution in [3.8, 4) is 5.75 Å². The lowest BCUT2D eigenvalue weighted by atomic mass is 10.0. The van der Waals surface area contributed by atoms with Gasteiger partial charge in [0.25, 0.3) is 5.91 Å². The van der Waals surface area contributed by atoms with Crippen molar-refractivity contribution in [1.29, 1.82) is 0 Å². The number of piperidine rings is 1. The van der Waals surface area contributed by atoms with E-state index in [0.717, 1.165) is 67.5 Å². The lowest BCUT2D eigenvalue weighted by Gasteiger charge is -2.33. The largest absolute Gasteiger partial charge is 0.497 e. The molecule has 1 atom stereocenters. The van der Waals surface area contributed by atoms with Crippen LogP contribution in [0.1, 0.15) is 41.7 Å². The molecule has 0 bridgehead atoms. The second kappa shape index (κ2) is 9.74. The Labute approximate surface area is 218 Å². The fourth-order valence-electron chi connectivity index (χ4n) is 5.61. The van der Waals surface area contributed by atoms with Gasteiger partial charge in [-0.3, -0.25) is 9.79 Å². The number of likely N-dealkylation sites (N-methyl/N-ethyl adjacent to an activating group) is 1. The van der Waals surface area contributed by atoms with Crippen molar-refractivity contribution >= 4 is 40.1 Å². The zero-order chi connectivity index (χ0) is 25.5. The number of rotatable bonds is 6. The fraction of sp³-hybridized carbons (Fsp3) is 0.448. The monoisotopic (exact) mass is 500 g/mol. The predicted octanol–water partition coefficient (Wildman–Crippen LogP) is 4.24. The van der Waals surface area contributed by atoms with E-state index in [1.54, 1.807) is 7.11 Å². The molecule has 1 saturated carbocycles. The second-order valence-electron chi connectivity index (χ2n) is 10.7. The third-order valence-corrected chi connectivity index (χ3v) is 7.84. The van der Waals surface area contributed by atoms with E-state index in [1.807, 2.05) is 29.3 Å². The molecule has 2 aromatic carbocycles. The second-order valence-corrected chi connectivity index (χ2v) is 10.7. The summed E-state index contributed by atoms with van der Waals surface area (Å²) >= 11 is 0. The molecule has 1 aliphatic carbocycles. The molecular formula is C29H36N6O2. The topological polar surface area (TPSA) is 88.1 Å². The number of hydrogen-bond donors (Lipinski definition) is 2. The molecule has 194 valence electrons. The molecule has 1 saturated heterocycles. The number of amides is 1. The van der Waals surface area contributed by atoms with E-state index in [0.29, 0.717) is 18.0 Å². The smallest absolute Gasteiger partial charge is 0.254 e. The quantitative estimate of drug-likeness (QED) is 0.495. The summed E-state index contributed by atoms with van der Waals surface area (Å²) in [6, 6.07) is 12.4. The maximum Gasteiger partial charge on any atom is 0.254 e. The zero-order valence-corrected chi connectivity index (χ0v) is 21.7. The summed E-state index contributed by atoms with van der Waals surface area (Å²) in [7, 11) is 3.79. The first kappa shape index (κ1) is 23.9. The van der Waals surface area contributed by atoms with Crippen molar-refractivity contribution in [2.24, 2.45) is 16.6 Å². The number of methoxy groups -OCH3 is 1. The van der Waals surface area contributed by atoms with E-state index >= 15 is 0 Å². The number of benzene rings is 2. The van der Waals surface area contributed by atoms with Gasteiger partial charge in [-0.05, 0) is 61.9 Å². The molecule has 37 heavy (non-hydrogen) atoms. The molecule has 1 amide bonds. The Morgan fingerprint density at radius 2 is 2.05 bits per heavy atom. The van der Waals surface area contributed by atoms with Crippen LogP contribution in [0, 0.1) is 5.92 Å². The van der Waals surface area contributed by atoms with Gasteiger partial charge in [0.2, 0.25) is 0 Å². The van der Waals surface area contributed by atoms with Gasteiger partial charge in [0.1, 0.15) is 5.75 Å². The molecule has 8 heteroatoms. The Hall–Kier alpha value is -3.52. The van der Waals surface area contributed by atoms with Crippen molar-refractivity contribution in [2.45, 2.75) is 38.3 Å². The average molecular weight is 501 g/mol. The zero-order valence-electron chi connectivity index (χ0n) is 21.7. The van der Waals surface area contributed by atoms with Crippen LogP contribution < -0.4 is 20.7 Å². The van der Waals surface area contributed by atoms with Crippen molar-refractivity contribution in [2.75, 3.05) is 50.6 Å². The van der Waals surface area contributed by atoms with Crippen LogP contribution in [-0.4, -0.2) is 68.0 Å². The molecule has 2 fully saturated rings. The van der Waals surface area contributed by atoms with Gasteiger partial charge >= 0.3 is 0 Å². The summed E-state index contributed by atoms with van der Waals surface area (Å²) in [5, 5.41) is 4.66. The summed E-state index contributed by atoms with van der Waals surface area (Å²) < 4.78 is 7.86. The number of carbonyl (C=O) groups is 1. The van der Waals surface area contributed by atoms with Crippen molar-refractivity contribution in [3.05, 3.63) is 47.7 Å². The number of carbonyl (C=O) groups excluding carboxylic acids is 1. The standard InChI is InChI=1S/C29H36N6O2/c1-33-11-9-31-25-13-21(29(36)34-10-3-4-22(30)18-34)14-26(28(25)33)32-16-23-12-20-7-8-24(37-2)15-27(20)35(23)17-19-5-6-19/h7-8,12-16,19,22,31H,3-6,9-11,17-18,30H2,1-2H3/b32-16+. The number of likely N-dealkylation sites (tertiary alicyclic amines) is 1. The van der Waals surface area contributed by atoms with E-state index in [9.17, 15) is 4.79 Å².